The van der Waals surface area contributed by atoms with Gasteiger partial charge in [-0.05, 0) is 18.0 Å². The van der Waals surface area contributed by atoms with Gasteiger partial charge < -0.3 is 9.38 Å². The van der Waals surface area contributed by atoms with E-state index in [9.17, 15) is 0 Å². The van der Waals surface area contributed by atoms with Crippen molar-refractivity contribution in [1.82, 2.24) is 14.4 Å². The first kappa shape index (κ1) is 18.0. The molecule has 0 fully saturated rings. The van der Waals surface area contributed by atoms with Crippen molar-refractivity contribution in [3.05, 3.63) is 104 Å². The van der Waals surface area contributed by atoms with E-state index in [1.54, 1.807) is 12.4 Å². The molecule has 0 aliphatic rings. The van der Waals surface area contributed by atoms with Gasteiger partial charge in [-0.3, -0.25) is 4.98 Å². The second-order valence-electron chi connectivity index (χ2n) is 5.47. The van der Waals surface area contributed by atoms with E-state index in [1.165, 1.54) is 5.39 Å². The molecule has 3 nitrogen and oxygen atoms in total. The molecular weight excluding hydrogens is 498 g/mol. The summed E-state index contributed by atoms with van der Waals surface area (Å²) in [6.45, 7) is 0. The van der Waals surface area contributed by atoms with Gasteiger partial charge in [0.15, 0.2) is 0 Å². The van der Waals surface area contributed by atoms with E-state index in [-0.39, 0.29) is 20.1 Å². The predicted molar refractivity (Wildman–Crippen MR) is 100 cm³/mol. The van der Waals surface area contributed by atoms with Crippen molar-refractivity contribution in [3.8, 4) is 11.3 Å². The Labute approximate surface area is 165 Å². The summed E-state index contributed by atoms with van der Waals surface area (Å²) in [5, 5.41) is 2.26. The van der Waals surface area contributed by atoms with E-state index in [0.29, 0.717) is 0 Å². The molecule has 5 rings (SSSR count). The summed E-state index contributed by atoms with van der Waals surface area (Å²) in [7, 11) is 0. The molecule has 0 aliphatic heterocycles. The molecule has 0 amide bonds. The second-order valence-corrected chi connectivity index (χ2v) is 5.47. The molecule has 129 valence electrons. The molecule has 0 saturated heterocycles. The molecule has 0 unspecified atom stereocenters. The molecule has 26 heavy (non-hydrogen) atoms. The van der Waals surface area contributed by atoms with E-state index in [2.05, 4.69) is 34.2 Å². The maximum absolute atomic E-state index is 4.28. The zero-order valence-corrected chi connectivity index (χ0v) is 16.2. The normalized spacial score (nSPS) is 10.0. The van der Waals surface area contributed by atoms with Gasteiger partial charge >= 0.3 is 0 Å². The summed E-state index contributed by atoms with van der Waals surface area (Å²) in [5.74, 6) is 0. The Kier molecular flexibility index (Phi) is 5.90. The van der Waals surface area contributed by atoms with Crippen LogP contribution < -0.4 is 0 Å². The molecule has 0 saturated carbocycles. The Morgan fingerprint density at radius 1 is 0.731 bits per heavy atom. The fourth-order valence-electron chi connectivity index (χ4n) is 2.64. The fraction of sp³-hybridized carbons (Fsp3) is 0. The first-order valence-corrected chi connectivity index (χ1v) is 8.02. The van der Waals surface area contributed by atoms with Gasteiger partial charge in [0.05, 0.1) is 5.65 Å². The van der Waals surface area contributed by atoms with E-state index in [1.807, 2.05) is 71.4 Å². The van der Waals surface area contributed by atoms with Crippen LogP contribution >= 0.6 is 0 Å². The van der Waals surface area contributed by atoms with Crippen molar-refractivity contribution in [3.63, 3.8) is 0 Å². The molecular formula is C22H15IrN3-2. The Bertz CT molecular complexity index is 1050. The molecule has 3 heterocycles. The average Bonchev–Trinajstić information content (AvgIpc) is 3.19. The van der Waals surface area contributed by atoms with Crippen LogP contribution in [0, 0.1) is 12.1 Å². The van der Waals surface area contributed by atoms with Crippen molar-refractivity contribution in [2.75, 3.05) is 0 Å². The SMILES string of the molecule is [Ir].[c-]1cccc2ccn3ccnc3c12.[c-]1ccccc1-c1ccccn1. The van der Waals surface area contributed by atoms with Gasteiger partial charge in [-0.1, -0.05) is 18.2 Å². The smallest absolute Gasteiger partial charge is 0.0603 e. The van der Waals surface area contributed by atoms with Crippen molar-refractivity contribution in [2.24, 2.45) is 0 Å². The Morgan fingerprint density at radius 3 is 2.42 bits per heavy atom. The molecule has 0 spiro atoms. The maximum atomic E-state index is 4.28. The predicted octanol–water partition coefficient (Wildman–Crippen LogP) is 4.83. The Morgan fingerprint density at radius 2 is 1.62 bits per heavy atom. The van der Waals surface area contributed by atoms with Crippen LogP contribution in [0.5, 0.6) is 0 Å². The van der Waals surface area contributed by atoms with E-state index < -0.39 is 0 Å². The van der Waals surface area contributed by atoms with E-state index >= 15 is 0 Å². The minimum atomic E-state index is 0. The van der Waals surface area contributed by atoms with Crippen molar-refractivity contribution in [2.45, 2.75) is 0 Å². The summed E-state index contributed by atoms with van der Waals surface area (Å²) in [6.07, 6.45) is 7.54. The summed E-state index contributed by atoms with van der Waals surface area (Å²) < 4.78 is 2.00. The van der Waals surface area contributed by atoms with E-state index in [4.69, 9.17) is 0 Å². The molecule has 4 heteroatoms. The number of nitrogens with zero attached hydrogens (tertiary/aromatic N) is 3. The molecule has 0 aliphatic carbocycles. The first-order valence-electron chi connectivity index (χ1n) is 8.02. The van der Waals surface area contributed by atoms with Crippen LogP contribution in [0.15, 0.2) is 91.5 Å². The molecule has 5 aromatic rings. The fourth-order valence-corrected chi connectivity index (χ4v) is 2.64. The molecule has 3 aromatic heterocycles. The van der Waals surface area contributed by atoms with Crippen molar-refractivity contribution in [1.29, 1.82) is 0 Å². The van der Waals surface area contributed by atoms with Gasteiger partial charge in [0.25, 0.3) is 0 Å². The van der Waals surface area contributed by atoms with Crippen LogP contribution in [0.3, 0.4) is 0 Å². The maximum Gasteiger partial charge on any atom is 0.0603 e. The topological polar surface area (TPSA) is 30.2 Å². The van der Waals surface area contributed by atoms with Crippen LogP contribution in [0.25, 0.3) is 27.7 Å². The third-order valence-corrected chi connectivity index (χ3v) is 3.85. The summed E-state index contributed by atoms with van der Waals surface area (Å²) in [4.78, 5) is 8.50. The number of hydrogen-bond acceptors (Lipinski definition) is 2. The second kappa shape index (κ2) is 8.52. The van der Waals surface area contributed by atoms with Gasteiger partial charge in [0.1, 0.15) is 0 Å². The zero-order chi connectivity index (χ0) is 16.9. The van der Waals surface area contributed by atoms with Crippen LogP contribution in [0.2, 0.25) is 0 Å². The number of rotatable bonds is 1. The van der Waals surface area contributed by atoms with Crippen molar-refractivity contribution < 1.29 is 20.1 Å². The molecule has 0 N–H and O–H groups in total. The van der Waals surface area contributed by atoms with Crippen LogP contribution in [-0.2, 0) is 20.1 Å². The van der Waals surface area contributed by atoms with Crippen molar-refractivity contribution >= 4 is 16.4 Å². The largest absolute Gasteiger partial charge is 0.347 e. The number of hydrogen-bond donors (Lipinski definition) is 0. The first-order chi connectivity index (χ1) is 12.4. The van der Waals surface area contributed by atoms with E-state index in [0.717, 1.165) is 22.3 Å². The molecule has 2 aromatic carbocycles. The minimum Gasteiger partial charge on any atom is -0.347 e. The minimum absolute atomic E-state index is 0. The molecule has 1 radical (unpaired) electrons. The number of pyridine rings is 2. The third kappa shape index (κ3) is 3.88. The Hall–Kier alpha value is -2.81. The summed E-state index contributed by atoms with van der Waals surface area (Å²) in [6, 6.07) is 28.1. The van der Waals surface area contributed by atoms with Gasteiger partial charge in [-0.2, -0.15) is 0 Å². The summed E-state index contributed by atoms with van der Waals surface area (Å²) >= 11 is 0. The quantitative estimate of drug-likeness (QED) is 0.301. The van der Waals surface area contributed by atoms with Gasteiger partial charge in [0, 0.05) is 38.7 Å². The molecule has 0 atom stereocenters. The molecule has 0 bridgehead atoms. The monoisotopic (exact) mass is 514 g/mol. The zero-order valence-electron chi connectivity index (χ0n) is 13.8. The number of aromatic nitrogens is 3. The van der Waals surface area contributed by atoms with Crippen LogP contribution in [-0.4, -0.2) is 14.4 Å². The third-order valence-electron chi connectivity index (χ3n) is 3.85. The average molecular weight is 514 g/mol. The van der Waals surface area contributed by atoms with Gasteiger partial charge in [-0.25, -0.2) is 0 Å². The van der Waals surface area contributed by atoms with Gasteiger partial charge in [-0.15, -0.1) is 70.9 Å². The standard InChI is InChI=1S/C11H7N2.C11H8N.Ir/c1-2-4-10-9(3-1)5-7-13-8-6-12-11(10)13;1-2-6-10(7-3-1)11-8-4-5-9-12-11;/h1-3,5-8H;1-6,8-9H;/q2*-1;. The number of imidazole rings is 1. The summed E-state index contributed by atoms with van der Waals surface area (Å²) in [5.41, 5.74) is 2.98. The van der Waals surface area contributed by atoms with Gasteiger partial charge in [0.2, 0.25) is 0 Å². The Balaban J connectivity index is 0.000000146. The number of fused-ring (bicyclic) bond motifs is 3. The number of benzene rings is 2. The van der Waals surface area contributed by atoms with Crippen LogP contribution in [0.1, 0.15) is 0 Å². The van der Waals surface area contributed by atoms with Crippen LogP contribution in [0.4, 0.5) is 0 Å².